The molecule has 0 fully saturated rings. The highest BCUT2D eigenvalue weighted by atomic mass is 16.6. The van der Waals surface area contributed by atoms with Gasteiger partial charge in [0.05, 0.1) is 0 Å². The van der Waals surface area contributed by atoms with Gasteiger partial charge < -0.3 is 14.2 Å². The molecule has 0 N–H and O–H groups in total. The first-order valence-electron chi connectivity index (χ1n) is 31.9. The Labute approximate surface area is 438 Å². The maximum absolute atomic E-state index is 12.9. The largest absolute Gasteiger partial charge is 0.462 e. The summed E-state index contributed by atoms with van der Waals surface area (Å²) in [6.07, 6.45) is 65.3. The molecule has 0 bridgehead atoms. The Kier molecular flexibility index (Phi) is 57.0. The number of hydrogen-bond acceptors (Lipinski definition) is 6. The van der Waals surface area contributed by atoms with E-state index in [-0.39, 0.29) is 31.1 Å². The van der Waals surface area contributed by atoms with Crippen LogP contribution in [0.5, 0.6) is 0 Å². The van der Waals surface area contributed by atoms with Crippen LogP contribution in [0.4, 0.5) is 0 Å². The minimum Gasteiger partial charge on any atom is -0.462 e. The molecule has 0 saturated carbocycles. The average molecular weight is 990 g/mol. The van der Waals surface area contributed by atoms with Crippen LogP contribution in [-0.2, 0) is 28.6 Å². The first-order chi connectivity index (χ1) is 34.4. The van der Waals surface area contributed by atoms with E-state index in [1.165, 1.54) is 263 Å². The minimum absolute atomic E-state index is 0.0611. The molecule has 0 aromatic carbocycles. The van der Waals surface area contributed by atoms with Crippen molar-refractivity contribution >= 4 is 17.9 Å². The van der Waals surface area contributed by atoms with Gasteiger partial charge in [0, 0.05) is 19.3 Å². The second-order valence-corrected chi connectivity index (χ2v) is 22.5. The third-order valence-electron chi connectivity index (χ3n) is 14.8. The van der Waals surface area contributed by atoms with Crippen molar-refractivity contribution in [3.63, 3.8) is 0 Å². The van der Waals surface area contributed by atoms with Crippen molar-refractivity contribution in [2.75, 3.05) is 13.2 Å². The molecule has 0 rings (SSSR count). The molecule has 0 aliphatic heterocycles. The van der Waals surface area contributed by atoms with Crippen molar-refractivity contribution in [1.82, 2.24) is 0 Å². The number of hydrogen-bond donors (Lipinski definition) is 0. The van der Waals surface area contributed by atoms with E-state index >= 15 is 0 Å². The van der Waals surface area contributed by atoms with E-state index in [4.69, 9.17) is 14.2 Å². The zero-order valence-corrected chi connectivity index (χ0v) is 48.0. The van der Waals surface area contributed by atoms with Crippen LogP contribution in [0, 0.1) is 5.92 Å². The molecular weight excluding hydrogens is 865 g/mol. The van der Waals surface area contributed by atoms with E-state index < -0.39 is 6.10 Å². The fourth-order valence-corrected chi connectivity index (χ4v) is 9.99. The normalized spacial score (nSPS) is 12.0. The molecule has 0 aromatic rings. The molecule has 70 heavy (non-hydrogen) atoms. The molecule has 0 heterocycles. The van der Waals surface area contributed by atoms with Gasteiger partial charge in [0.25, 0.3) is 0 Å². The summed E-state index contributed by atoms with van der Waals surface area (Å²) in [5.74, 6) is 0.0172. The first-order valence-corrected chi connectivity index (χ1v) is 31.9. The van der Waals surface area contributed by atoms with E-state index in [2.05, 4.69) is 27.7 Å². The lowest BCUT2D eigenvalue weighted by Crippen LogP contribution is -2.30. The summed E-state index contributed by atoms with van der Waals surface area (Å²) < 4.78 is 17.0. The van der Waals surface area contributed by atoms with Crippen molar-refractivity contribution < 1.29 is 28.6 Å². The topological polar surface area (TPSA) is 78.9 Å². The summed E-state index contributed by atoms with van der Waals surface area (Å²) in [5, 5.41) is 0. The lowest BCUT2D eigenvalue weighted by atomic mass is 10.0. The van der Waals surface area contributed by atoms with Gasteiger partial charge in [0.1, 0.15) is 13.2 Å². The minimum atomic E-state index is -0.763. The Bertz CT molecular complexity index is 1060. The second-order valence-electron chi connectivity index (χ2n) is 22.5. The molecule has 0 unspecified atom stereocenters. The zero-order chi connectivity index (χ0) is 50.9. The SMILES string of the molecule is CCCCCCCCCCCCCCCCCCCCCC(=O)OC[C@H](COC(=O)CCCCCCCCCCCCCCCCC(C)C)OC(=O)CCCCCCCCCCCCCCCCCC. The van der Waals surface area contributed by atoms with Crippen molar-refractivity contribution in [1.29, 1.82) is 0 Å². The summed E-state index contributed by atoms with van der Waals surface area (Å²) in [7, 11) is 0. The van der Waals surface area contributed by atoms with E-state index in [0.29, 0.717) is 19.3 Å². The lowest BCUT2D eigenvalue weighted by Gasteiger charge is -2.18. The van der Waals surface area contributed by atoms with Gasteiger partial charge in [0.2, 0.25) is 0 Å². The third-order valence-corrected chi connectivity index (χ3v) is 14.8. The number of rotatable bonds is 59. The van der Waals surface area contributed by atoms with Crippen molar-refractivity contribution in [3.8, 4) is 0 Å². The van der Waals surface area contributed by atoms with Gasteiger partial charge in [0.15, 0.2) is 6.10 Å². The van der Waals surface area contributed by atoms with Crippen molar-refractivity contribution in [2.45, 2.75) is 374 Å². The van der Waals surface area contributed by atoms with Crippen LogP contribution in [0.3, 0.4) is 0 Å². The lowest BCUT2D eigenvalue weighted by molar-refractivity contribution is -0.167. The van der Waals surface area contributed by atoms with E-state index in [1.54, 1.807) is 0 Å². The van der Waals surface area contributed by atoms with Crippen LogP contribution in [0.15, 0.2) is 0 Å². The molecule has 0 aromatic heterocycles. The van der Waals surface area contributed by atoms with Crippen molar-refractivity contribution in [2.24, 2.45) is 5.92 Å². The average Bonchev–Trinajstić information content (AvgIpc) is 3.35. The first kappa shape index (κ1) is 68.4. The quantitative estimate of drug-likeness (QED) is 0.0343. The predicted molar refractivity (Wildman–Crippen MR) is 303 cm³/mol. The number of carbonyl (C=O) groups excluding carboxylic acids is 3. The van der Waals surface area contributed by atoms with Crippen LogP contribution >= 0.6 is 0 Å². The third kappa shape index (κ3) is 57.3. The van der Waals surface area contributed by atoms with Crippen LogP contribution in [-0.4, -0.2) is 37.2 Å². The highest BCUT2D eigenvalue weighted by molar-refractivity contribution is 5.71. The zero-order valence-electron chi connectivity index (χ0n) is 48.0. The molecule has 6 nitrogen and oxygen atoms in total. The maximum atomic E-state index is 12.9. The molecule has 1 atom stereocenters. The van der Waals surface area contributed by atoms with Crippen LogP contribution in [0.25, 0.3) is 0 Å². The van der Waals surface area contributed by atoms with Gasteiger partial charge in [-0.05, 0) is 25.2 Å². The molecule has 0 radical (unpaired) electrons. The molecule has 416 valence electrons. The summed E-state index contributed by atoms with van der Waals surface area (Å²) in [4.78, 5) is 38.3. The highest BCUT2D eigenvalue weighted by Gasteiger charge is 2.19. The van der Waals surface area contributed by atoms with Gasteiger partial charge in [-0.3, -0.25) is 14.4 Å². The molecular formula is C64H124O6. The molecule has 6 heteroatoms. The maximum Gasteiger partial charge on any atom is 0.306 e. The monoisotopic (exact) mass is 989 g/mol. The van der Waals surface area contributed by atoms with E-state index in [9.17, 15) is 14.4 Å². The smallest absolute Gasteiger partial charge is 0.306 e. The fraction of sp³-hybridized carbons (Fsp3) is 0.953. The summed E-state index contributed by atoms with van der Waals surface area (Å²) in [6, 6.07) is 0. The second kappa shape index (κ2) is 58.3. The number of carbonyl (C=O) groups is 3. The number of ether oxygens (including phenoxy) is 3. The summed E-state index contributed by atoms with van der Waals surface area (Å²) in [5.41, 5.74) is 0. The molecule has 0 spiro atoms. The Morgan fingerprint density at radius 3 is 0.700 bits per heavy atom. The van der Waals surface area contributed by atoms with Gasteiger partial charge in [-0.15, -0.1) is 0 Å². The van der Waals surface area contributed by atoms with Crippen LogP contribution in [0.2, 0.25) is 0 Å². The van der Waals surface area contributed by atoms with Gasteiger partial charge in [-0.2, -0.15) is 0 Å². The van der Waals surface area contributed by atoms with Gasteiger partial charge >= 0.3 is 17.9 Å². The highest BCUT2D eigenvalue weighted by Crippen LogP contribution is 2.19. The molecule has 0 aliphatic rings. The standard InChI is InChI=1S/C64H124O6/c1-5-7-9-11-13-15-17-19-21-23-24-25-27-31-35-39-43-47-51-55-62(65)68-58-61(70-64(67)57-53-49-45-41-37-33-26-22-20-18-16-14-12-10-8-6-2)59-69-63(66)56-52-48-44-40-36-32-29-28-30-34-38-42-46-50-54-60(3)4/h60-61H,5-59H2,1-4H3/t61-/m1/s1. The van der Waals surface area contributed by atoms with Crippen molar-refractivity contribution in [3.05, 3.63) is 0 Å². The number of esters is 3. The van der Waals surface area contributed by atoms with Crippen LogP contribution < -0.4 is 0 Å². The Balaban J connectivity index is 4.28. The Morgan fingerprint density at radius 2 is 0.471 bits per heavy atom. The Morgan fingerprint density at radius 1 is 0.271 bits per heavy atom. The van der Waals surface area contributed by atoms with Crippen LogP contribution in [0.1, 0.15) is 368 Å². The summed E-state index contributed by atoms with van der Waals surface area (Å²) in [6.45, 7) is 9.09. The summed E-state index contributed by atoms with van der Waals surface area (Å²) >= 11 is 0. The molecule has 0 aliphatic carbocycles. The Hall–Kier alpha value is -1.59. The fourth-order valence-electron chi connectivity index (χ4n) is 9.99. The van der Waals surface area contributed by atoms with Gasteiger partial charge in [-0.1, -0.05) is 329 Å². The molecule has 0 saturated heterocycles. The van der Waals surface area contributed by atoms with E-state index in [1.807, 2.05) is 0 Å². The predicted octanol–water partition coefficient (Wildman–Crippen LogP) is 21.4. The molecule has 0 amide bonds. The van der Waals surface area contributed by atoms with Gasteiger partial charge in [-0.25, -0.2) is 0 Å². The number of unbranched alkanes of at least 4 members (excludes halogenated alkanes) is 46. The van der Waals surface area contributed by atoms with E-state index in [0.717, 1.165) is 63.7 Å².